The standard InChI is InChI=1S/C15H20F3N3O3/c1-10(13(22)19-6-7-24-2)20-9-11-4-3-5-12(8-11)21-14(23)15(16,17)18/h3-5,8,10,20H,6-7,9H2,1-2H3,(H,19,22)(H,21,23). The fraction of sp³-hybridized carbons (Fsp3) is 0.467. The van der Waals surface area contributed by atoms with E-state index in [9.17, 15) is 22.8 Å². The molecule has 1 aromatic rings. The van der Waals surface area contributed by atoms with Gasteiger partial charge in [0.2, 0.25) is 5.91 Å². The second-order valence-corrected chi connectivity index (χ2v) is 5.04. The number of amides is 2. The predicted molar refractivity (Wildman–Crippen MR) is 82.3 cm³/mol. The molecule has 134 valence electrons. The molecular formula is C15H20F3N3O3. The second kappa shape index (κ2) is 9.24. The van der Waals surface area contributed by atoms with Crippen molar-refractivity contribution in [3.63, 3.8) is 0 Å². The number of carbonyl (C=O) groups excluding carboxylic acids is 2. The Labute approximate surface area is 137 Å². The van der Waals surface area contributed by atoms with Gasteiger partial charge in [-0.1, -0.05) is 12.1 Å². The minimum Gasteiger partial charge on any atom is -0.383 e. The third-order valence-corrected chi connectivity index (χ3v) is 3.05. The Bertz CT molecular complexity index is 564. The maximum Gasteiger partial charge on any atom is 0.471 e. The first-order chi connectivity index (χ1) is 11.2. The van der Waals surface area contributed by atoms with Crippen LogP contribution in [0, 0.1) is 0 Å². The average Bonchev–Trinajstić information content (AvgIpc) is 2.52. The number of ether oxygens (including phenoxy) is 1. The molecule has 0 bridgehead atoms. The van der Waals surface area contributed by atoms with Crippen LogP contribution in [0.2, 0.25) is 0 Å². The van der Waals surface area contributed by atoms with Crippen LogP contribution in [0.25, 0.3) is 0 Å². The SMILES string of the molecule is COCCNC(=O)C(C)NCc1cccc(NC(=O)C(F)(F)F)c1. The van der Waals surface area contributed by atoms with E-state index in [1.54, 1.807) is 18.3 Å². The summed E-state index contributed by atoms with van der Waals surface area (Å²) in [5, 5.41) is 7.40. The zero-order valence-corrected chi connectivity index (χ0v) is 13.4. The maximum atomic E-state index is 12.2. The molecule has 0 saturated carbocycles. The van der Waals surface area contributed by atoms with Crippen molar-refractivity contribution in [2.24, 2.45) is 0 Å². The lowest BCUT2D eigenvalue weighted by Crippen LogP contribution is -2.42. The van der Waals surface area contributed by atoms with Gasteiger partial charge < -0.3 is 20.7 Å². The van der Waals surface area contributed by atoms with E-state index in [0.29, 0.717) is 18.7 Å². The molecule has 0 fully saturated rings. The fourth-order valence-corrected chi connectivity index (χ4v) is 1.75. The number of hydrogen-bond donors (Lipinski definition) is 3. The fourth-order valence-electron chi connectivity index (χ4n) is 1.75. The van der Waals surface area contributed by atoms with Gasteiger partial charge in [0.1, 0.15) is 0 Å². The summed E-state index contributed by atoms with van der Waals surface area (Å²) in [6, 6.07) is 5.47. The Balaban J connectivity index is 2.53. The Hall–Kier alpha value is -2.13. The van der Waals surface area contributed by atoms with Gasteiger partial charge >= 0.3 is 12.1 Å². The molecular weight excluding hydrogens is 327 g/mol. The molecule has 6 nitrogen and oxygen atoms in total. The van der Waals surface area contributed by atoms with Crippen LogP contribution < -0.4 is 16.0 Å². The summed E-state index contributed by atoms with van der Waals surface area (Å²) in [5.41, 5.74) is 0.667. The van der Waals surface area contributed by atoms with Crippen LogP contribution in [0.15, 0.2) is 24.3 Å². The maximum absolute atomic E-state index is 12.2. The number of alkyl halides is 3. The van der Waals surface area contributed by atoms with Gasteiger partial charge in [0.05, 0.1) is 12.6 Å². The summed E-state index contributed by atoms with van der Waals surface area (Å²) in [6.45, 7) is 2.71. The van der Waals surface area contributed by atoms with E-state index in [-0.39, 0.29) is 18.1 Å². The van der Waals surface area contributed by atoms with Gasteiger partial charge in [-0.2, -0.15) is 13.2 Å². The highest BCUT2D eigenvalue weighted by atomic mass is 19.4. The molecule has 0 aliphatic carbocycles. The summed E-state index contributed by atoms with van der Waals surface area (Å²) in [4.78, 5) is 22.7. The van der Waals surface area contributed by atoms with Crippen LogP contribution in [-0.4, -0.2) is 44.3 Å². The highest BCUT2D eigenvalue weighted by molar-refractivity contribution is 5.94. The number of halogens is 3. The zero-order chi connectivity index (χ0) is 18.2. The number of benzene rings is 1. The van der Waals surface area contributed by atoms with Gasteiger partial charge in [-0.25, -0.2) is 0 Å². The molecule has 0 radical (unpaired) electrons. The summed E-state index contributed by atoms with van der Waals surface area (Å²) >= 11 is 0. The molecule has 1 atom stereocenters. The topological polar surface area (TPSA) is 79.5 Å². The average molecular weight is 347 g/mol. The Kier molecular flexibility index (Phi) is 7.66. The van der Waals surface area contributed by atoms with Gasteiger partial charge in [0, 0.05) is 25.9 Å². The molecule has 24 heavy (non-hydrogen) atoms. The van der Waals surface area contributed by atoms with Gasteiger partial charge in [-0.15, -0.1) is 0 Å². The smallest absolute Gasteiger partial charge is 0.383 e. The summed E-state index contributed by atoms with van der Waals surface area (Å²) < 4.78 is 41.5. The van der Waals surface area contributed by atoms with Crippen molar-refractivity contribution < 1.29 is 27.5 Å². The third kappa shape index (κ3) is 6.97. The molecule has 2 amide bonds. The Morgan fingerprint density at radius 2 is 2.00 bits per heavy atom. The van der Waals surface area contributed by atoms with Crippen LogP contribution >= 0.6 is 0 Å². The van der Waals surface area contributed by atoms with Crippen molar-refractivity contribution in [1.82, 2.24) is 10.6 Å². The quantitative estimate of drug-likeness (QED) is 0.622. The minimum atomic E-state index is -4.94. The Morgan fingerprint density at radius 3 is 2.62 bits per heavy atom. The van der Waals surface area contributed by atoms with Crippen LogP contribution in [0.3, 0.4) is 0 Å². The third-order valence-electron chi connectivity index (χ3n) is 3.05. The monoisotopic (exact) mass is 347 g/mol. The molecule has 0 aliphatic heterocycles. The Morgan fingerprint density at radius 1 is 1.29 bits per heavy atom. The van der Waals surface area contributed by atoms with Crippen molar-refractivity contribution in [1.29, 1.82) is 0 Å². The molecule has 9 heteroatoms. The predicted octanol–water partition coefficient (Wildman–Crippen LogP) is 1.43. The van der Waals surface area contributed by atoms with Crippen molar-refractivity contribution in [3.05, 3.63) is 29.8 Å². The van der Waals surface area contributed by atoms with Crippen molar-refractivity contribution in [2.75, 3.05) is 25.6 Å². The molecule has 1 rings (SSSR count). The molecule has 0 saturated heterocycles. The first-order valence-corrected chi connectivity index (χ1v) is 7.21. The lowest BCUT2D eigenvalue weighted by atomic mass is 10.2. The normalized spacial score (nSPS) is 12.5. The van der Waals surface area contributed by atoms with E-state index in [1.165, 1.54) is 25.3 Å². The number of hydrogen-bond acceptors (Lipinski definition) is 4. The van der Waals surface area contributed by atoms with Gasteiger partial charge in [0.25, 0.3) is 0 Å². The van der Waals surface area contributed by atoms with E-state index in [4.69, 9.17) is 4.74 Å². The van der Waals surface area contributed by atoms with Crippen LogP contribution in [0.1, 0.15) is 12.5 Å². The number of rotatable bonds is 8. The van der Waals surface area contributed by atoms with Crippen LogP contribution in [0.5, 0.6) is 0 Å². The zero-order valence-electron chi connectivity index (χ0n) is 13.4. The summed E-state index contributed by atoms with van der Waals surface area (Å²) in [5.74, 6) is -2.24. The summed E-state index contributed by atoms with van der Waals surface area (Å²) in [6.07, 6.45) is -4.94. The number of methoxy groups -OCH3 is 1. The molecule has 1 aromatic carbocycles. The van der Waals surface area contributed by atoms with Gasteiger partial charge in [0.15, 0.2) is 0 Å². The van der Waals surface area contributed by atoms with E-state index >= 15 is 0 Å². The van der Waals surface area contributed by atoms with E-state index in [0.717, 1.165) is 0 Å². The highest BCUT2D eigenvalue weighted by Crippen LogP contribution is 2.18. The number of nitrogens with one attached hydrogen (secondary N) is 3. The summed E-state index contributed by atoms with van der Waals surface area (Å²) in [7, 11) is 1.53. The lowest BCUT2D eigenvalue weighted by molar-refractivity contribution is -0.167. The lowest BCUT2D eigenvalue weighted by Gasteiger charge is -2.14. The van der Waals surface area contributed by atoms with Crippen LogP contribution in [-0.2, 0) is 20.9 Å². The highest BCUT2D eigenvalue weighted by Gasteiger charge is 2.38. The molecule has 1 unspecified atom stereocenters. The molecule has 3 N–H and O–H groups in total. The minimum absolute atomic E-state index is 0.0359. The van der Waals surface area contributed by atoms with Crippen LogP contribution in [0.4, 0.5) is 18.9 Å². The number of anilines is 1. The molecule has 0 aromatic heterocycles. The second-order valence-electron chi connectivity index (χ2n) is 5.04. The van der Waals surface area contributed by atoms with E-state index < -0.39 is 18.1 Å². The molecule has 0 aliphatic rings. The largest absolute Gasteiger partial charge is 0.471 e. The first-order valence-electron chi connectivity index (χ1n) is 7.21. The van der Waals surface area contributed by atoms with E-state index in [2.05, 4.69) is 10.6 Å². The number of carbonyl (C=O) groups is 2. The first kappa shape index (κ1) is 19.9. The van der Waals surface area contributed by atoms with Crippen molar-refractivity contribution in [3.8, 4) is 0 Å². The van der Waals surface area contributed by atoms with Crippen molar-refractivity contribution >= 4 is 17.5 Å². The molecule has 0 heterocycles. The van der Waals surface area contributed by atoms with Gasteiger partial charge in [-0.05, 0) is 24.6 Å². The molecule has 0 spiro atoms. The van der Waals surface area contributed by atoms with Gasteiger partial charge in [-0.3, -0.25) is 9.59 Å². The van der Waals surface area contributed by atoms with E-state index in [1.807, 2.05) is 0 Å². The van der Waals surface area contributed by atoms with Crippen molar-refractivity contribution in [2.45, 2.75) is 25.7 Å².